The first-order valence-corrected chi connectivity index (χ1v) is 11.8. The van der Waals surface area contributed by atoms with E-state index >= 15 is 0 Å². The van der Waals surface area contributed by atoms with Crippen LogP contribution >= 0.6 is 7.92 Å². The van der Waals surface area contributed by atoms with Gasteiger partial charge in [0.1, 0.15) is 6.61 Å². The third-order valence-electron chi connectivity index (χ3n) is 6.29. The molecule has 1 aromatic rings. The summed E-state index contributed by atoms with van der Waals surface area (Å²) in [6, 6.07) is 9.42. The van der Waals surface area contributed by atoms with Gasteiger partial charge in [0.25, 0.3) is 0 Å². The Morgan fingerprint density at radius 2 is 1.56 bits per heavy atom. The molecule has 0 bridgehead atoms. The summed E-state index contributed by atoms with van der Waals surface area (Å²) in [6.07, 6.45) is 11.5. The van der Waals surface area contributed by atoms with Gasteiger partial charge < -0.3 is 4.74 Å². The summed E-state index contributed by atoms with van der Waals surface area (Å²) in [5.41, 5.74) is 3.18. The number of ether oxygens (including phenoxy) is 1. The molecule has 0 spiro atoms. The molecule has 1 heterocycles. The van der Waals surface area contributed by atoms with Crippen molar-refractivity contribution >= 4 is 19.1 Å². The molecule has 136 valence electrons. The van der Waals surface area contributed by atoms with Gasteiger partial charge in [0.15, 0.2) is 0 Å². The van der Waals surface area contributed by atoms with Gasteiger partial charge in [0, 0.05) is 5.56 Å². The summed E-state index contributed by atoms with van der Waals surface area (Å²) in [7, 11) is -0.0854. The summed E-state index contributed by atoms with van der Waals surface area (Å²) >= 11 is 0. The van der Waals surface area contributed by atoms with Gasteiger partial charge in [-0.3, -0.25) is 0 Å². The number of rotatable bonds is 5. The maximum atomic E-state index is 6.09. The fourth-order valence-corrected chi connectivity index (χ4v) is 8.75. The predicted molar refractivity (Wildman–Crippen MR) is 109 cm³/mol. The molecule has 2 nitrogen and oxygen atoms in total. The molecule has 2 aliphatic carbocycles. The predicted octanol–water partition coefficient (Wildman–Crippen LogP) is 5.48. The van der Waals surface area contributed by atoms with Crippen LogP contribution in [-0.4, -0.2) is 29.9 Å². The first kappa shape index (κ1) is 17.5. The summed E-state index contributed by atoms with van der Waals surface area (Å²) in [5, 5.41) is 1.60. The van der Waals surface area contributed by atoms with Gasteiger partial charge >= 0.3 is 0 Å². The molecule has 2 fully saturated rings. The van der Waals surface area contributed by atoms with Crippen molar-refractivity contribution in [3.8, 4) is 0 Å². The maximum Gasteiger partial charge on any atom is 0.217 e. The van der Waals surface area contributed by atoms with Crippen molar-refractivity contribution in [2.24, 2.45) is 10.9 Å². The van der Waals surface area contributed by atoms with Crippen molar-refractivity contribution < 1.29 is 4.74 Å². The second-order valence-electron chi connectivity index (χ2n) is 8.36. The fraction of sp³-hybridized carbons (Fsp3) is 0.682. The Balaban J connectivity index is 1.69. The molecule has 0 radical (unpaired) electrons. The number of nitrogens with zero attached hydrogens (tertiary/aromatic N) is 1. The van der Waals surface area contributed by atoms with E-state index in [9.17, 15) is 0 Å². The Morgan fingerprint density at radius 1 is 0.960 bits per heavy atom. The number of benzene rings is 1. The number of hydrogen-bond acceptors (Lipinski definition) is 2. The van der Waals surface area contributed by atoms with E-state index in [1.807, 2.05) is 0 Å². The molecular formula is C22H32NOP. The molecule has 0 aromatic heterocycles. The highest BCUT2D eigenvalue weighted by Crippen LogP contribution is 2.56. The van der Waals surface area contributed by atoms with Crippen LogP contribution in [0.1, 0.15) is 70.8 Å². The standard InChI is InChI=1S/C22H32NOP/c1-16(2)20-15-24-22(23-20)19-13-7-8-14-21(19)25(17-9-3-4-10-17)18-11-5-6-12-18/h7-8,13-14,16-18,20H,3-6,9-12,15H2,1-2H3. The quantitative estimate of drug-likeness (QED) is 0.639. The van der Waals surface area contributed by atoms with Crippen molar-refractivity contribution in [1.82, 2.24) is 0 Å². The average molecular weight is 357 g/mol. The van der Waals surface area contributed by atoms with Crippen LogP contribution in [0.2, 0.25) is 0 Å². The van der Waals surface area contributed by atoms with Crippen LogP contribution in [0.5, 0.6) is 0 Å². The van der Waals surface area contributed by atoms with Crippen molar-refractivity contribution in [2.75, 3.05) is 6.61 Å². The van der Waals surface area contributed by atoms with Gasteiger partial charge in [-0.1, -0.05) is 65.7 Å². The maximum absolute atomic E-state index is 6.09. The minimum absolute atomic E-state index is 0.0854. The monoisotopic (exact) mass is 357 g/mol. The Labute approximate surface area is 154 Å². The molecule has 3 aliphatic rings. The van der Waals surface area contributed by atoms with E-state index in [1.165, 1.54) is 56.9 Å². The molecule has 1 aliphatic heterocycles. The zero-order chi connectivity index (χ0) is 17.2. The first-order valence-electron chi connectivity index (χ1n) is 10.3. The Kier molecular flexibility index (Phi) is 5.46. The lowest BCUT2D eigenvalue weighted by atomic mass is 10.1. The number of hydrogen-bond donors (Lipinski definition) is 0. The highest BCUT2D eigenvalue weighted by molar-refractivity contribution is 7.67. The molecule has 0 N–H and O–H groups in total. The van der Waals surface area contributed by atoms with E-state index in [1.54, 1.807) is 5.30 Å². The average Bonchev–Trinajstić information content (AvgIpc) is 3.38. The van der Waals surface area contributed by atoms with Crippen LogP contribution in [0.15, 0.2) is 29.3 Å². The first-order chi connectivity index (χ1) is 12.2. The van der Waals surface area contributed by atoms with Crippen molar-refractivity contribution in [1.29, 1.82) is 0 Å². The van der Waals surface area contributed by atoms with Crippen molar-refractivity contribution in [2.45, 2.75) is 82.6 Å². The Bertz CT molecular complexity index is 598. The fourth-order valence-electron chi connectivity index (χ4n) is 4.81. The third kappa shape index (κ3) is 3.65. The number of aliphatic imine (C=N–C) groups is 1. The van der Waals surface area contributed by atoms with Gasteiger partial charge in [-0.05, 0) is 54.3 Å². The summed E-state index contributed by atoms with van der Waals surface area (Å²) in [6.45, 7) is 5.25. The topological polar surface area (TPSA) is 21.6 Å². The second kappa shape index (κ2) is 7.78. The molecule has 25 heavy (non-hydrogen) atoms. The van der Waals surface area contributed by atoms with E-state index in [2.05, 4.69) is 38.1 Å². The molecule has 4 rings (SSSR count). The van der Waals surface area contributed by atoms with Crippen LogP contribution in [0, 0.1) is 5.92 Å². The van der Waals surface area contributed by atoms with E-state index in [-0.39, 0.29) is 7.92 Å². The zero-order valence-electron chi connectivity index (χ0n) is 15.8. The van der Waals surface area contributed by atoms with E-state index in [0.29, 0.717) is 12.0 Å². The van der Waals surface area contributed by atoms with Gasteiger partial charge in [-0.15, -0.1) is 0 Å². The lowest BCUT2D eigenvalue weighted by Gasteiger charge is -2.32. The van der Waals surface area contributed by atoms with Gasteiger partial charge in [0.05, 0.1) is 6.04 Å². The van der Waals surface area contributed by atoms with Crippen molar-refractivity contribution in [3.63, 3.8) is 0 Å². The van der Waals surface area contributed by atoms with Crippen LogP contribution in [0.4, 0.5) is 0 Å². The lowest BCUT2D eigenvalue weighted by molar-refractivity contribution is 0.292. The third-order valence-corrected chi connectivity index (χ3v) is 9.84. The van der Waals surface area contributed by atoms with Gasteiger partial charge in [-0.2, -0.15) is 0 Å². The van der Waals surface area contributed by atoms with Crippen LogP contribution in [0.25, 0.3) is 0 Å². The molecular weight excluding hydrogens is 325 g/mol. The van der Waals surface area contributed by atoms with Crippen LogP contribution in [-0.2, 0) is 4.74 Å². The van der Waals surface area contributed by atoms with Gasteiger partial charge in [-0.25, -0.2) is 4.99 Å². The molecule has 1 unspecified atom stereocenters. The van der Waals surface area contributed by atoms with E-state index < -0.39 is 0 Å². The molecule has 0 amide bonds. The van der Waals surface area contributed by atoms with E-state index in [4.69, 9.17) is 9.73 Å². The van der Waals surface area contributed by atoms with Gasteiger partial charge in [0.2, 0.25) is 5.90 Å². The van der Waals surface area contributed by atoms with E-state index in [0.717, 1.165) is 23.8 Å². The molecule has 0 saturated heterocycles. The Hall–Kier alpha value is -0.880. The largest absolute Gasteiger partial charge is 0.475 e. The lowest BCUT2D eigenvalue weighted by Crippen LogP contribution is -2.24. The minimum Gasteiger partial charge on any atom is -0.475 e. The van der Waals surface area contributed by atoms with Crippen molar-refractivity contribution in [3.05, 3.63) is 29.8 Å². The Morgan fingerprint density at radius 3 is 2.12 bits per heavy atom. The molecule has 2 saturated carbocycles. The highest BCUT2D eigenvalue weighted by atomic mass is 31.1. The SMILES string of the molecule is CC(C)C1COC(c2ccccc2P(C2CCCC2)C2CCCC2)=N1. The summed E-state index contributed by atoms with van der Waals surface area (Å²) < 4.78 is 6.09. The van der Waals surface area contributed by atoms with Crippen LogP contribution in [0.3, 0.4) is 0 Å². The highest BCUT2D eigenvalue weighted by Gasteiger charge is 2.36. The zero-order valence-corrected chi connectivity index (χ0v) is 16.7. The van der Waals surface area contributed by atoms with Crippen LogP contribution < -0.4 is 5.30 Å². The smallest absolute Gasteiger partial charge is 0.217 e. The second-order valence-corrected chi connectivity index (χ2v) is 11.1. The molecule has 1 aromatic carbocycles. The summed E-state index contributed by atoms with van der Waals surface area (Å²) in [4.78, 5) is 4.96. The molecule has 3 heteroatoms. The summed E-state index contributed by atoms with van der Waals surface area (Å²) in [5.74, 6) is 1.48. The molecule has 1 atom stereocenters. The minimum atomic E-state index is -0.0854. The normalized spacial score (nSPS) is 25.1.